The summed E-state index contributed by atoms with van der Waals surface area (Å²) >= 11 is 4.67. The lowest BCUT2D eigenvalue weighted by molar-refractivity contribution is 0.600. The van der Waals surface area contributed by atoms with Crippen molar-refractivity contribution < 1.29 is 8.42 Å². The lowest BCUT2D eigenvalue weighted by Gasteiger charge is -2.07. The highest BCUT2D eigenvalue weighted by molar-refractivity contribution is 9.10. The van der Waals surface area contributed by atoms with Crippen LogP contribution in [0.25, 0.3) is 10.2 Å². The van der Waals surface area contributed by atoms with E-state index in [1.54, 1.807) is 23.7 Å². The maximum atomic E-state index is 12.2. The van der Waals surface area contributed by atoms with Crippen LogP contribution in [-0.4, -0.2) is 18.4 Å². The van der Waals surface area contributed by atoms with Crippen molar-refractivity contribution in [3.05, 3.63) is 46.6 Å². The van der Waals surface area contributed by atoms with Gasteiger partial charge in [-0.15, -0.1) is 11.3 Å². The van der Waals surface area contributed by atoms with Crippen molar-refractivity contribution in [2.24, 2.45) is 0 Å². The molecule has 0 unspecified atom stereocenters. The van der Waals surface area contributed by atoms with Crippen molar-refractivity contribution in [1.29, 1.82) is 0 Å². The maximum Gasteiger partial charge on any atom is 0.263 e. The molecule has 3 rings (SSSR count). The van der Waals surface area contributed by atoms with E-state index in [9.17, 15) is 8.42 Å². The molecule has 3 aromatic rings. The van der Waals surface area contributed by atoms with Crippen LogP contribution in [0.1, 0.15) is 0 Å². The molecular weight excluding hydrogens is 362 g/mol. The Labute approximate surface area is 127 Å². The van der Waals surface area contributed by atoms with Crippen LogP contribution in [0.3, 0.4) is 0 Å². The smallest absolute Gasteiger partial charge is 0.263 e. The van der Waals surface area contributed by atoms with E-state index in [1.807, 2.05) is 0 Å². The summed E-state index contributed by atoms with van der Waals surface area (Å²) in [7, 11) is -3.65. The number of sulfonamides is 1. The number of hydrogen-bond donors (Lipinski definition) is 1. The number of rotatable bonds is 3. The number of nitrogens with zero attached hydrogens (tertiary/aromatic N) is 2. The Hall–Kier alpha value is -1.51. The van der Waals surface area contributed by atoms with Gasteiger partial charge >= 0.3 is 0 Å². The van der Waals surface area contributed by atoms with E-state index in [0.29, 0.717) is 10.2 Å². The van der Waals surface area contributed by atoms with Crippen LogP contribution in [-0.2, 0) is 10.0 Å². The van der Waals surface area contributed by atoms with Gasteiger partial charge in [-0.25, -0.2) is 13.4 Å². The SMILES string of the molecule is O=S(=O)(Nc1ccc2ncsc2c1)c1cncc(Br)c1. The summed E-state index contributed by atoms with van der Waals surface area (Å²) in [6.45, 7) is 0. The molecule has 5 nitrogen and oxygen atoms in total. The fraction of sp³-hybridized carbons (Fsp3) is 0. The fourth-order valence-electron chi connectivity index (χ4n) is 1.67. The normalized spacial score (nSPS) is 11.7. The van der Waals surface area contributed by atoms with Gasteiger partial charge in [0, 0.05) is 16.9 Å². The minimum Gasteiger partial charge on any atom is -0.280 e. The first-order chi connectivity index (χ1) is 9.54. The summed E-state index contributed by atoms with van der Waals surface area (Å²) in [4.78, 5) is 8.12. The molecule has 102 valence electrons. The minimum atomic E-state index is -3.65. The lowest BCUT2D eigenvalue weighted by atomic mass is 10.3. The van der Waals surface area contributed by atoms with Gasteiger partial charge in [-0.3, -0.25) is 9.71 Å². The van der Waals surface area contributed by atoms with Gasteiger partial charge in [-0.2, -0.15) is 0 Å². The Balaban J connectivity index is 1.96. The van der Waals surface area contributed by atoms with Crippen molar-refractivity contribution in [3.8, 4) is 0 Å². The second-order valence-electron chi connectivity index (χ2n) is 3.98. The number of hydrogen-bond acceptors (Lipinski definition) is 5. The molecule has 0 aliphatic heterocycles. The number of pyridine rings is 1. The molecule has 0 fully saturated rings. The molecule has 1 aromatic carbocycles. The topological polar surface area (TPSA) is 72.0 Å². The van der Waals surface area contributed by atoms with E-state index in [-0.39, 0.29) is 4.90 Å². The zero-order valence-electron chi connectivity index (χ0n) is 9.95. The summed E-state index contributed by atoms with van der Waals surface area (Å²) in [5, 5.41) is 0. The molecule has 0 saturated heterocycles. The third-order valence-electron chi connectivity index (χ3n) is 2.57. The van der Waals surface area contributed by atoms with Crippen molar-refractivity contribution in [1.82, 2.24) is 9.97 Å². The van der Waals surface area contributed by atoms with E-state index in [2.05, 4.69) is 30.6 Å². The zero-order valence-corrected chi connectivity index (χ0v) is 13.2. The van der Waals surface area contributed by atoms with Crippen LogP contribution < -0.4 is 4.72 Å². The largest absolute Gasteiger partial charge is 0.280 e. The van der Waals surface area contributed by atoms with Crippen LogP contribution in [0.4, 0.5) is 5.69 Å². The maximum absolute atomic E-state index is 12.2. The lowest BCUT2D eigenvalue weighted by Crippen LogP contribution is -2.13. The van der Waals surface area contributed by atoms with Gasteiger partial charge in [0.25, 0.3) is 10.0 Å². The molecule has 0 radical (unpaired) electrons. The number of halogens is 1. The molecule has 2 aromatic heterocycles. The summed E-state index contributed by atoms with van der Waals surface area (Å²) in [5.41, 5.74) is 3.07. The molecule has 0 aliphatic carbocycles. The highest BCUT2D eigenvalue weighted by atomic mass is 79.9. The predicted molar refractivity (Wildman–Crippen MR) is 82.4 cm³/mol. The number of nitrogens with one attached hydrogen (secondary N) is 1. The number of benzene rings is 1. The fourth-order valence-corrected chi connectivity index (χ4v) is 3.94. The molecule has 8 heteroatoms. The zero-order chi connectivity index (χ0) is 14.2. The van der Waals surface area contributed by atoms with Crippen molar-refractivity contribution in [2.45, 2.75) is 4.90 Å². The first-order valence-corrected chi connectivity index (χ1v) is 8.67. The van der Waals surface area contributed by atoms with Crippen molar-refractivity contribution in [2.75, 3.05) is 4.72 Å². The van der Waals surface area contributed by atoms with E-state index < -0.39 is 10.0 Å². The molecule has 0 aliphatic rings. The summed E-state index contributed by atoms with van der Waals surface area (Å²) in [5.74, 6) is 0. The average molecular weight is 370 g/mol. The molecule has 0 atom stereocenters. The monoisotopic (exact) mass is 369 g/mol. The predicted octanol–water partition coefficient (Wildman–Crippen LogP) is 3.25. The van der Waals surface area contributed by atoms with E-state index in [1.165, 1.54) is 29.8 Å². The number of thiazole rings is 1. The van der Waals surface area contributed by atoms with E-state index >= 15 is 0 Å². The Morgan fingerprint density at radius 1 is 1.20 bits per heavy atom. The Morgan fingerprint density at radius 3 is 2.85 bits per heavy atom. The molecule has 0 bridgehead atoms. The van der Waals surface area contributed by atoms with Gasteiger partial charge in [-0.1, -0.05) is 0 Å². The van der Waals surface area contributed by atoms with Crippen LogP contribution in [0.2, 0.25) is 0 Å². The van der Waals surface area contributed by atoms with E-state index in [0.717, 1.165) is 10.2 Å². The summed E-state index contributed by atoms with van der Waals surface area (Å²) < 4.78 is 28.6. The summed E-state index contributed by atoms with van der Waals surface area (Å²) in [6.07, 6.45) is 2.83. The first-order valence-electron chi connectivity index (χ1n) is 5.51. The quantitative estimate of drug-likeness (QED) is 0.768. The van der Waals surface area contributed by atoms with Crippen LogP contribution in [0, 0.1) is 0 Å². The van der Waals surface area contributed by atoms with Gasteiger partial charge < -0.3 is 0 Å². The van der Waals surface area contributed by atoms with Gasteiger partial charge in [0.1, 0.15) is 4.90 Å². The van der Waals surface area contributed by atoms with Crippen LogP contribution in [0.5, 0.6) is 0 Å². The van der Waals surface area contributed by atoms with Crippen molar-refractivity contribution >= 4 is 53.2 Å². The third-order valence-corrected chi connectivity index (χ3v) is 5.15. The molecule has 0 amide bonds. The number of fused-ring (bicyclic) bond motifs is 1. The second-order valence-corrected chi connectivity index (χ2v) is 7.46. The van der Waals surface area contributed by atoms with Crippen LogP contribution in [0.15, 0.2) is 51.5 Å². The highest BCUT2D eigenvalue weighted by Crippen LogP contribution is 2.24. The first kappa shape index (κ1) is 13.5. The van der Waals surface area contributed by atoms with E-state index in [4.69, 9.17) is 0 Å². The molecule has 20 heavy (non-hydrogen) atoms. The standard InChI is InChI=1S/C12H8BrN3O2S2/c13-8-3-10(6-14-5-8)20(17,18)16-9-1-2-11-12(4-9)19-7-15-11/h1-7,16H. The number of aromatic nitrogens is 2. The molecule has 2 heterocycles. The average Bonchev–Trinajstić information content (AvgIpc) is 2.85. The Kier molecular flexibility index (Phi) is 3.45. The van der Waals surface area contributed by atoms with Gasteiger partial charge in [0.15, 0.2) is 0 Å². The van der Waals surface area contributed by atoms with Gasteiger partial charge in [0.05, 0.1) is 21.4 Å². The van der Waals surface area contributed by atoms with Crippen molar-refractivity contribution in [3.63, 3.8) is 0 Å². The Morgan fingerprint density at radius 2 is 2.05 bits per heavy atom. The molecular formula is C12H8BrN3O2S2. The minimum absolute atomic E-state index is 0.108. The molecule has 0 saturated carbocycles. The van der Waals surface area contributed by atoms with Gasteiger partial charge in [-0.05, 0) is 40.2 Å². The molecule has 0 spiro atoms. The molecule has 1 N–H and O–H groups in total. The third kappa shape index (κ3) is 2.67. The Bertz CT molecular complexity index is 877. The number of anilines is 1. The highest BCUT2D eigenvalue weighted by Gasteiger charge is 2.15. The second kappa shape index (κ2) is 5.12. The van der Waals surface area contributed by atoms with Crippen LogP contribution >= 0.6 is 27.3 Å². The van der Waals surface area contributed by atoms with Gasteiger partial charge in [0.2, 0.25) is 0 Å². The summed E-state index contributed by atoms with van der Waals surface area (Å²) in [6, 6.07) is 6.73.